The molecule has 1 N–H and O–H groups in total. The summed E-state index contributed by atoms with van der Waals surface area (Å²) in [6, 6.07) is 1.99. The van der Waals surface area contributed by atoms with E-state index in [-0.39, 0.29) is 12.0 Å². The molecule has 0 fully saturated rings. The van der Waals surface area contributed by atoms with Gasteiger partial charge in [0.25, 0.3) is 0 Å². The van der Waals surface area contributed by atoms with Crippen LogP contribution < -0.4 is 0 Å². The lowest BCUT2D eigenvalue weighted by atomic mass is 9.77. The van der Waals surface area contributed by atoms with Gasteiger partial charge in [-0.1, -0.05) is 65.4 Å². The van der Waals surface area contributed by atoms with Gasteiger partial charge >= 0.3 is 0 Å². The van der Waals surface area contributed by atoms with Crippen LogP contribution in [0, 0.1) is 5.41 Å². The Morgan fingerprint density at radius 2 is 1.96 bits per heavy atom. The molecule has 2 rings (SSSR count). The molecule has 0 radical (unpaired) electrons. The zero-order chi connectivity index (χ0) is 20.4. The average molecular weight is 405 g/mol. The summed E-state index contributed by atoms with van der Waals surface area (Å²) in [6.07, 6.45) is 14.7. The number of rotatable bonds is 12. The number of hydrogen-bond acceptors (Lipinski definition) is 4. The molecule has 2 atom stereocenters. The van der Waals surface area contributed by atoms with Gasteiger partial charge in [0.15, 0.2) is 14.9 Å². The highest BCUT2D eigenvalue weighted by molar-refractivity contribution is 6.52. The Bertz CT molecular complexity index is 614. The fourth-order valence-corrected chi connectivity index (χ4v) is 6.00. The summed E-state index contributed by atoms with van der Waals surface area (Å²) in [6.45, 7) is 9.90. The zero-order valence-electron chi connectivity index (χ0n) is 18.4. The van der Waals surface area contributed by atoms with Crippen molar-refractivity contribution in [2.75, 3.05) is 6.61 Å². The van der Waals surface area contributed by atoms with E-state index in [0.29, 0.717) is 6.61 Å². The molecular weight excluding hydrogens is 364 g/mol. The van der Waals surface area contributed by atoms with E-state index in [9.17, 15) is 5.11 Å². The Labute approximate surface area is 173 Å². The van der Waals surface area contributed by atoms with Crippen LogP contribution in [-0.2, 0) is 11.0 Å². The maximum atomic E-state index is 9.55. The third-order valence-corrected chi connectivity index (χ3v) is 8.92. The SMILES string of the molecule is CCCCC(CCCC)[SiH](C)OCc1ccnc(C2=CC[C@](C)(CO)CC2)n1. The van der Waals surface area contributed by atoms with Crippen molar-refractivity contribution in [3.05, 3.63) is 29.9 Å². The van der Waals surface area contributed by atoms with Crippen molar-refractivity contribution in [1.29, 1.82) is 0 Å². The number of aliphatic hydroxyl groups excluding tert-OH is 1. The highest BCUT2D eigenvalue weighted by atomic mass is 28.3. The molecule has 5 heteroatoms. The van der Waals surface area contributed by atoms with Crippen LogP contribution in [0.25, 0.3) is 5.57 Å². The lowest BCUT2D eigenvalue weighted by Crippen LogP contribution is -2.23. The average Bonchev–Trinajstić information content (AvgIpc) is 2.73. The Hall–Kier alpha value is -1.04. The fourth-order valence-electron chi connectivity index (χ4n) is 3.89. The van der Waals surface area contributed by atoms with Crippen molar-refractivity contribution < 1.29 is 9.53 Å². The number of aliphatic hydroxyl groups is 1. The molecule has 1 unspecified atom stereocenters. The molecule has 1 heterocycles. The van der Waals surface area contributed by atoms with Crippen LogP contribution >= 0.6 is 0 Å². The van der Waals surface area contributed by atoms with Crippen molar-refractivity contribution in [2.24, 2.45) is 5.41 Å². The van der Waals surface area contributed by atoms with Gasteiger partial charge in [-0.25, -0.2) is 9.97 Å². The second-order valence-corrected chi connectivity index (χ2v) is 11.5. The van der Waals surface area contributed by atoms with Gasteiger partial charge in [0.05, 0.1) is 12.3 Å². The minimum Gasteiger partial charge on any atom is -0.414 e. The minimum atomic E-state index is -1.22. The first-order chi connectivity index (χ1) is 13.5. The maximum Gasteiger partial charge on any atom is 0.177 e. The molecule has 28 heavy (non-hydrogen) atoms. The lowest BCUT2D eigenvalue weighted by Gasteiger charge is -2.30. The van der Waals surface area contributed by atoms with Crippen LogP contribution in [-0.4, -0.2) is 30.7 Å². The van der Waals surface area contributed by atoms with E-state index in [4.69, 9.17) is 9.41 Å². The highest BCUT2D eigenvalue weighted by Gasteiger charge is 2.27. The van der Waals surface area contributed by atoms with Gasteiger partial charge in [0.2, 0.25) is 0 Å². The Balaban J connectivity index is 1.95. The minimum absolute atomic E-state index is 0.0112. The van der Waals surface area contributed by atoms with E-state index in [1.165, 1.54) is 44.1 Å². The molecule has 0 spiro atoms. The molecule has 0 amide bonds. The van der Waals surface area contributed by atoms with E-state index < -0.39 is 9.04 Å². The monoisotopic (exact) mass is 404 g/mol. The Morgan fingerprint density at radius 1 is 1.25 bits per heavy atom. The van der Waals surface area contributed by atoms with Crippen LogP contribution in [0.1, 0.15) is 90.1 Å². The Morgan fingerprint density at radius 3 is 2.54 bits per heavy atom. The number of allylic oxidation sites excluding steroid dienone is 2. The van der Waals surface area contributed by atoms with Gasteiger partial charge in [-0.15, -0.1) is 0 Å². The van der Waals surface area contributed by atoms with E-state index in [0.717, 1.165) is 36.3 Å². The summed E-state index contributed by atoms with van der Waals surface area (Å²) < 4.78 is 6.37. The van der Waals surface area contributed by atoms with E-state index in [1.807, 2.05) is 12.3 Å². The van der Waals surface area contributed by atoms with Crippen molar-refractivity contribution in [2.45, 2.75) is 97.3 Å². The first-order valence-electron chi connectivity index (χ1n) is 11.2. The molecule has 0 saturated carbocycles. The third kappa shape index (κ3) is 7.09. The largest absolute Gasteiger partial charge is 0.414 e. The smallest absolute Gasteiger partial charge is 0.177 e. The van der Waals surface area contributed by atoms with Gasteiger partial charge in [0, 0.05) is 12.8 Å². The molecular formula is C23H40N2O2Si. The zero-order valence-corrected chi connectivity index (χ0v) is 19.6. The molecule has 0 aliphatic heterocycles. The number of nitrogens with zero attached hydrogens (tertiary/aromatic N) is 2. The van der Waals surface area contributed by atoms with Crippen molar-refractivity contribution in [3.8, 4) is 0 Å². The van der Waals surface area contributed by atoms with Crippen LogP contribution in [0.15, 0.2) is 18.3 Å². The molecule has 0 saturated heterocycles. The summed E-state index contributed by atoms with van der Waals surface area (Å²) in [5.41, 5.74) is 2.99. The maximum absolute atomic E-state index is 9.55. The normalized spacial score (nSPS) is 21.0. The van der Waals surface area contributed by atoms with E-state index in [2.05, 4.69) is 38.4 Å². The van der Waals surface area contributed by atoms with Gasteiger partial charge < -0.3 is 9.53 Å². The summed E-state index contributed by atoms with van der Waals surface area (Å²) in [5.74, 6) is 0.837. The van der Waals surface area contributed by atoms with Crippen LogP contribution in [0.4, 0.5) is 0 Å². The molecule has 4 nitrogen and oxygen atoms in total. The van der Waals surface area contributed by atoms with Crippen molar-refractivity contribution >= 4 is 14.6 Å². The first-order valence-corrected chi connectivity index (χ1v) is 13.5. The second kappa shape index (κ2) is 11.8. The van der Waals surface area contributed by atoms with E-state index in [1.54, 1.807) is 0 Å². The van der Waals surface area contributed by atoms with Crippen LogP contribution in [0.5, 0.6) is 0 Å². The molecule has 158 valence electrons. The quantitative estimate of drug-likeness (QED) is 0.456. The van der Waals surface area contributed by atoms with Crippen molar-refractivity contribution in [3.63, 3.8) is 0 Å². The topological polar surface area (TPSA) is 55.2 Å². The number of unbranched alkanes of at least 4 members (excludes halogenated alkanes) is 2. The molecule has 1 aliphatic carbocycles. The predicted molar refractivity (Wildman–Crippen MR) is 120 cm³/mol. The first kappa shape index (κ1) is 23.2. The lowest BCUT2D eigenvalue weighted by molar-refractivity contribution is 0.133. The third-order valence-electron chi connectivity index (χ3n) is 6.24. The number of aromatic nitrogens is 2. The summed E-state index contributed by atoms with van der Waals surface area (Å²) >= 11 is 0. The Kier molecular flexibility index (Phi) is 9.82. The van der Waals surface area contributed by atoms with Crippen molar-refractivity contribution in [1.82, 2.24) is 9.97 Å². The van der Waals surface area contributed by atoms with Gasteiger partial charge in [-0.3, -0.25) is 0 Å². The summed E-state index contributed by atoms with van der Waals surface area (Å²) in [5, 5.41) is 9.55. The van der Waals surface area contributed by atoms with Gasteiger partial charge in [0.1, 0.15) is 0 Å². The van der Waals surface area contributed by atoms with Gasteiger partial charge in [-0.05, 0) is 48.4 Å². The predicted octanol–water partition coefficient (Wildman–Crippen LogP) is 5.66. The standard InChI is InChI=1S/C23H40N2O2Si/c1-5-7-9-21(10-8-6-2)28(4)27-17-20-13-16-24-22(25-20)19-11-14-23(3,18-26)15-12-19/h11,13,16,21,26,28H,5-10,12,14-15,17-18H2,1-4H3/t23-,28?/m0/s1. The highest BCUT2D eigenvalue weighted by Crippen LogP contribution is 2.37. The van der Waals surface area contributed by atoms with Crippen LogP contribution in [0.3, 0.4) is 0 Å². The fraction of sp³-hybridized carbons (Fsp3) is 0.739. The second-order valence-electron chi connectivity index (χ2n) is 8.83. The van der Waals surface area contributed by atoms with E-state index >= 15 is 0 Å². The van der Waals surface area contributed by atoms with Gasteiger partial charge in [-0.2, -0.15) is 0 Å². The number of hydrogen-bond donors (Lipinski definition) is 1. The molecule has 1 aromatic heterocycles. The molecule has 0 bridgehead atoms. The summed E-state index contributed by atoms with van der Waals surface area (Å²) in [7, 11) is -1.22. The molecule has 0 aromatic carbocycles. The molecule has 1 aromatic rings. The summed E-state index contributed by atoms with van der Waals surface area (Å²) in [4.78, 5) is 9.27. The molecule has 1 aliphatic rings. The van der Waals surface area contributed by atoms with Crippen LogP contribution in [0.2, 0.25) is 12.1 Å².